The molecule has 23 heavy (non-hydrogen) atoms. The molecular formula is C15H11N3O3S2. The summed E-state index contributed by atoms with van der Waals surface area (Å²) in [4.78, 5) is 0.0939. The fraction of sp³-hybridized carbons (Fsp3) is 0.0667. The van der Waals surface area contributed by atoms with Gasteiger partial charge in [-0.25, -0.2) is 8.42 Å². The van der Waals surface area contributed by atoms with Crippen LogP contribution in [-0.4, -0.2) is 15.0 Å². The van der Waals surface area contributed by atoms with E-state index in [1.165, 1.54) is 6.07 Å². The molecule has 2 aromatic rings. The van der Waals surface area contributed by atoms with Crippen LogP contribution in [0.3, 0.4) is 0 Å². The van der Waals surface area contributed by atoms with Crippen molar-refractivity contribution in [2.24, 2.45) is 8.73 Å². The number of hydrogen-bond acceptors (Lipinski definition) is 5. The summed E-state index contributed by atoms with van der Waals surface area (Å²) in [6, 6.07) is 11.3. The Hall–Kier alpha value is -2.63. The largest absolute Gasteiger partial charge is 0.481 e. The molecule has 6 nitrogen and oxygen atoms in total. The summed E-state index contributed by atoms with van der Waals surface area (Å²) in [5.74, 6) is 2.93. The van der Waals surface area contributed by atoms with Gasteiger partial charge in [-0.1, -0.05) is 12.0 Å². The Balaban J connectivity index is 1.84. The van der Waals surface area contributed by atoms with Gasteiger partial charge in [-0.15, -0.1) is 6.42 Å². The average molecular weight is 345 g/mol. The average Bonchev–Trinajstić information content (AvgIpc) is 3.02. The van der Waals surface area contributed by atoms with Gasteiger partial charge in [0.15, 0.2) is 0 Å². The molecule has 0 fully saturated rings. The summed E-state index contributed by atoms with van der Waals surface area (Å²) < 4.78 is 40.9. The molecule has 3 rings (SSSR count). The van der Waals surface area contributed by atoms with Crippen molar-refractivity contribution in [1.29, 1.82) is 0 Å². The van der Waals surface area contributed by atoms with Crippen LogP contribution in [0, 0.1) is 12.3 Å². The van der Waals surface area contributed by atoms with Gasteiger partial charge in [-0.05, 0) is 36.4 Å². The lowest BCUT2D eigenvalue weighted by Gasteiger charge is -2.10. The Morgan fingerprint density at radius 1 is 1.17 bits per heavy atom. The van der Waals surface area contributed by atoms with Crippen LogP contribution in [0.25, 0.3) is 0 Å². The lowest BCUT2D eigenvalue weighted by molar-refractivity contribution is 0.370. The minimum absolute atomic E-state index is 0.0939. The molecule has 1 aliphatic rings. The van der Waals surface area contributed by atoms with Gasteiger partial charge in [-0.3, -0.25) is 4.72 Å². The normalized spacial score (nSPS) is 12.1. The summed E-state index contributed by atoms with van der Waals surface area (Å²) in [6.45, 7) is 0.157. The van der Waals surface area contributed by atoms with E-state index in [1.807, 2.05) is 0 Å². The van der Waals surface area contributed by atoms with Crippen LogP contribution >= 0.6 is 0 Å². The molecule has 0 spiro atoms. The van der Waals surface area contributed by atoms with Gasteiger partial charge in [0.05, 0.1) is 11.4 Å². The highest BCUT2D eigenvalue weighted by Gasteiger charge is 2.22. The molecule has 1 heterocycles. The first-order valence-corrected chi connectivity index (χ1v) is 8.72. The molecule has 0 saturated heterocycles. The van der Waals surface area contributed by atoms with E-state index in [-0.39, 0.29) is 11.5 Å². The Kier molecular flexibility index (Phi) is 4.14. The number of ether oxygens (including phenoxy) is 1. The van der Waals surface area contributed by atoms with E-state index in [2.05, 4.69) is 19.4 Å². The van der Waals surface area contributed by atoms with E-state index in [0.29, 0.717) is 22.8 Å². The first-order valence-electron chi connectivity index (χ1n) is 6.50. The van der Waals surface area contributed by atoms with E-state index < -0.39 is 10.0 Å². The molecule has 0 unspecified atom stereocenters. The van der Waals surface area contributed by atoms with Crippen molar-refractivity contribution in [3.05, 3.63) is 42.5 Å². The van der Waals surface area contributed by atoms with Crippen LogP contribution in [0.5, 0.6) is 5.75 Å². The highest BCUT2D eigenvalue weighted by Crippen LogP contribution is 2.37. The second-order valence-electron chi connectivity index (χ2n) is 4.51. The Morgan fingerprint density at radius 3 is 2.70 bits per heavy atom. The van der Waals surface area contributed by atoms with Crippen molar-refractivity contribution in [3.8, 4) is 18.1 Å². The number of sulfonamides is 1. The molecule has 0 aliphatic carbocycles. The van der Waals surface area contributed by atoms with Crippen molar-refractivity contribution in [3.63, 3.8) is 0 Å². The Morgan fingerprint density at radius 2 is 1.96 bits per heavy atom. The quantitative estimate of drug-likeness (QED) is 0.721. The van der Waals surface area contributed by atoms with Crippen LogP contribution in [-0.2, 0) is 21.4 Å². The van der Waals surface area contributed by atoms with Crippen LogP contribution < -0.4 is 9.46 Å². The molecule has 0 saturated carbocycles. The molecule has 0 atom stereocenters. The third-order valence-corrected chi connectivity index (χ3v) is 4.92. The van der Waals surface area contributed by atoms with Crippen molar-refractivity contribution in [2.45, 2.75) is 4.90 Å². The number of benzene rings is 2. The highest BCUT2D eigenvalue weighted by molar-refractivity contribution is 7.93. The molecular weight excluding hydrogens is 334 g/mol. The number of terminal acetylenes is 1. The van der Waals surface area contributed by atoms with Crippen LogP contribution in [0.1, 0.15) is 0 Å². The van der Waals surface area contributed by atoms with Gasteiger partial charge >= 0.3 is 0 Å². The first-order chi connectivity index (χ1) is 11.1. The van der Waals surface area contributed by atoms with E-state index >= 15 is 0 Å². The maximum atomic E-state index is 12.5. The van der Waals surface area contributed by atoms with Gasteiger partial charge in [0, 0.05) is 5.69 Å². The Bertz CT molecular complexity index is 954. The maximum absolute atomic E-state index is 12.5. The van der Waals surface area contributed by atoms with E-state index in [9.17, 15) is 8.42 Å². The van der Waals surface area contributed by atoms with Crippen LogP contribution in [0.15, 0.2) is 56.1 Å². The zero-order valence-electron chi connectivity index (χ0n) is 11.8. The molecule has 1 N–H and O–H groups in total. The number of hydrogen-bond donors (Lipinski definition) is 1. The van der Waals surface area contributed by atoms with Crippen molar-refractivity contribution in [1.82, 2.24) is 0 Å². The Labute approximate surface area is 137 Å². The summed E-state index contributed by atoms with van der Waals surface area (Å²) >= 11 is 0.974. The first kappa shape index (κ1) is 15.3. The van der Waals surface area contributed by atoms with Gasteiger partial charge in [-0.2, -0.15) is 8.73 Å². The number of nitrogens with zero attached hydrogens (tertiary/aromatic N) is 2. The fourth-order valence-electron chi connectivity index (χ4n) is 1.95. The monoisotopic (exact) mass is 345 g/mol. The van der Waals surface area contributed by atoms with Gasteiger partial charge < -0.3 is 4.74 Å². The lowest BCUT2D eigenvalue weighted by atomic mass is 10.3. The number of anilines is 1. The molecule has 0 bridgehead atoms. The van der Waals surface area contributed by atoms with E-state index in [1.54, 1.807) is 36.4 Å². The predicted molar refractivity (Wildman–Crippen MR) is 89.6 cm³/mol. The summed E-state index contributed by atoms with van der Waals surface area (Å²) in [5, 5.41) is 0. The minimum atomic E-state index is -3.76. The summed E-state index contributed by atoms with van der Waals surface area (Å²) in [7, 11) is -3.76. The number of nitrogens with one attached hydrogen (secondary N) is 1. The highest BCUT2D eigenvalue weighted by atomic mass is 32.2. The summed E-state index contributed by atoms with van der Waals surface area (Å²) in [5.41, 5.74) is 1.33. The number of fused-ring (bicyclic) bond motifs is 1. The van der Waals surface area contributed by atoms with E-state index in [0.717, 1.165) is 11.4 Å². The molecule has 8 heteroatoms. The topological polar surface area (TPSA) is 80.1 Å². The second-order valence-corrected chi connectivity index (χ2v) is 6.69. The van der Waals surface area contributed by atoms with Crippen LogP contribution in [0.4, 0.5) is 17.1 Å². The predicted octanol–water partition coefficient (Wildman–Crippen LogP) is 3.23. The maximum Gasteiger partial charge on any atom is 0.264 e. The second kappa shape index (κ2) is 6.24. The number of rotatable bonds is 5. The zero-order valence-corrected chi connectivity index (χ0v) is 13.4. The molecule has 2 aromatic carbocycles. The molecule has 0 radical (unpaired) electrons. The lowest BCUT2D eigenvalue weighted by Crippen LogP contribution is -2.13. The molecule has 0 aromatic heterocycles. The zero-order chi connectivity index (χ0) is 16.3. The van der Waals surface area contributed by atoms with Gasteiger partial charge in [0.2, 0.25) is 0 Å². The van der Waals surface area contributed by atoms with Gasteiger partial charge in [0.1, 0.15) is 28.6 Å². The standard InChI is InChI=1S/C15H11N3O3S2/c1-2-10-21-12-8-6-11(7-9-12)18-23(19,20)14-5-3-4-13-15(14)17-22-16-13/h1,3-9,18H,10H2. The molecule has 116 valence electrons. The third kappa shape index (κ3) is 3.26. The van der Waals surface area contributed by atoms with E-state index in [4.69, 9.17) is 11.2 Å². The molecule has 0 amide bonds. The smallest absolute Gasteiger partial charge is 0.264 e. The van der Waals surface area contributed by atoms with Crippen molar-refractivity contribution >= 4 is 38.4 Å². The SMILES string of the molecule is C#CCOc1ccc(NS(=O)(=O)c2cccc3c2N=S=N3)cc1. The fourth-order valence-corrected chi connectivity index (χ4v) is 3.78. The van der Waals surface area contributed by atoms with Crippen molar-refractivity contribution < 1.29 is 13.2 Å². The summed E-state index contributed by atoms with van der Waals surface area (Å²) in [6.07, 6.45) is 5.11. The molecule has 1 aliphatic heterocycles. The van der Waals surface area contributed by atoms with Crippen molar-refractivity contribution in [2.75, 3.05) is 11.3 Å². The third-order valence-electron chi connectivity index (χ3n) is 2.97. The minimum Gasteiger partial charge on any atom is -0.481 e. The van der Waals surface area contributed by atoms with Crippen LogP contribution in [0.2, 0.25) is 0 Å². The van der Waals surface area contributed by atoms with Gasteiger partial charge in [0.25, 0.3) is 10.0 Å².